The quantitative estimate of drug-likeness (QED) is 0.558. The van der Waals surface area contributed by atoms with E-state index in [1.807, 2.05) is 6.92 Å². The Morgan fingerprint density at radius 1 is 1.82 bits per heavy atom. The Labute approximate surface area is 65.8 Å². The lowest BCUT2D eigenvalue weighted by molar-refractivity contribution is -0.144. The summed E-state index contributed by atoms with van der Waals surface area (Å²) in [5.74, 6) is -0.447. The Balaban J connectivity index is 2.55. The Kier molecular flexibility index (Phi) is 2.41. The third-order valence-electron chi connectivity index (χ3n) is 1.54. The molecular formula is C8H11NO2. The van der Waals surface area contributed by atoms with Crippen LogP contribution in [0.15, 0.2) is 16.8 Å². The Hall–Kier alpha value is -1.12. The number of ether oxygens (including phenoxy) is 1. The van der Waals surface area contributed by atoms with E-state index in [0.717, 1.165) is 5.57 Å². The maximum Gasteiger partial charge on any atom is 0.318 e. The number of aliphatic imine (C=N–C) groups is 1. The Morgan fingerprint density at radius 3 is 3.00 bits per heavy atom. The molecule has 60 valence electrons. The van der Waals surface area contributed by atoms with E-state index in [4.69, 9.17) is 4.74 Å². The molecule has 1 rings (SSSR count). The van der Waals surface area contributed by atoms with Gasteiger partial charge in [0.2, 0.25) is 0 Å². The maximum atomic E-state index is 11.1. The van der Waals surface area contributed by atoms with Crippen molar-refractivity contribution in [3.8, 4) is 0 Å². The van der Waals surface area contributed by atoms with Gasteiger partial charge < -0.3 is 4.74 Å². The maximum absolute atomic E-state index is 11.1. The topological polar surface area (TPSA) is 38.7 Å². The summed E-state index contributed by atoms with van der Waals surface area (Å²) in [6.45, 7) is 4.09. The molecule has 0 saturated heterocycles. The fraction of sp³-hybridized carbons (Fsp3) is 0.500. The van der Waals surface area contributed by atoms with Crippen molar-refractivity contribution in [3.63, 3.8) is 0 Å². The van der Waals surface area contributed by atoms with Gasteiger partial charge in [0.15, 0.2) is 0 Å². The van der Waals surface area contributed by atoms with Gasteiger partial charge in [0.25, 0.3) is 0 Å². The number of esters is 1. The van der Waals surface area contributed by atoms with Crippen LogP contribution in [0.5, 0.6) is 0 Å². The van der Waals surface area contributed by atoms with Crippen molar-refractivity contribution in [2.45, 2.75) is 13.8 Å². The van der Waals surface area contributed by atoms with Gasteiger partial charge in [0.05, 0.1) is 6.61 Å². The standard InChI is InChI=1S/C8H11NO2/c1-3-11-8(10)7-5-9-4-6(7)2/h4-5,7H,3H2,1-2H3/t7-/m0/s1. The number of rotatable bonds is 2. The molecule has 0 saturated carbocycles. The monoisotopic (exact) mass is 153 g/mol. The smallest absolute Gasteiger partial charge is 0.318 e. The normalized spacial score (nSPS) is 21.6. The summed E-state index contributed by atoms with van der Waals surface area (Å²) in [5, 5.41) is 0. The highest BCUT2D eigenvalue weighted by atomic mass is 16.5. The number of carbonyl (C=O) groups is 1. The van der Waals surface area contributed by atoms with E-state index in [1.54, 1.807) is 19.3 Å². The highest BCUT2D eigenvalue weighted by Gasteiger charge is 2.21. The first-order valence-corrected chi connectivity index (χ1v) is 3.62. The van der Waals surface area contributed by atoms with Crippen molar-refractivity contribution in [2.24, 2.45) is 10.9 Å². The van der Waals surface area contributed by atoms with Crippen LogP contribution in [-0.4, -0.2) is 18.8 Å². The van der Waals surface area contributed by atoms with Crippen LogP contribution in [0.1, 0.15) is 13.8 Å². The second kappa shape index (κ2) is 3.32. The summed E-state index contributed by atoms with van der Waals surface area (Å²) in [5.41, 5.74) is 0.948. The van der Waals surface area contributed by atoms with E-state index in [1.165, 1.54) is 0 Å². The van der Waals surface area contributed by atoms with Crippen LogP contribution in [0.2, 0.25) is 0 Å². The van der Waals surface area contributed by atoms with Gasteiger partial charge in [-0.05, 0) is 19.4 Å². The van der Waals surface area contributed by atoms with Crippen molar-refractivity contribution in [1.82, 2.24) is 0 Å². The zero-order valence-corrected chi connectivity index (χ0v) is 6.70. The zero-order chi connectivity index (χ0) is 8.27. The summed E-state index contributed by atoms with van der Waals surface area (Å²) in [7, 11) is 0. The van der Waals surface area contributed by atoms with Crippen molar-refractivity contribution in [3.05, 3.63) is 11.8 Å². The first kappa shape index (κ1) is 7.98. The van der Waals surface area contributed by atoms with Crippen LogP contribution in [0.3, 0.4) is 0 Å². The minimum atomic E-state index is -0.241. The molecule has 0 aromatic carbocycles. The molecule has 3 nitrogen and oxygen atoms in total. The summed E-state index contributed by atoms with van der Waals surface area (Å²) in [6, 6.07) is 0. The van der Waals surface area contributed by atoms with Gasteiger partial charge >= 0.3 is 5.97 Å². The number of hydrogen-bond acceptors (Lipinski definition) is 3. The largest absolute Gasteiger partial charge is 0.465 e. The average molecular weight is 153 g/mol. The summed E-state index contributed by atoms with van der Waals surface area (Å²) < 4.78 is 4.83. The SMILES string of the molecule is CCOC(=O)[C@H]1C=NC=C1C. The van der Waals surface area contributed by atoms with Crippen molar-refractivity contribution < 1.29 is 9.53 Å². The predicted octanol–water partition coefficient (Wildman–Crippen LogP) is 1.15. The molecule has 0 aromatic heterocycles. The second-order valence-corrected chi connectivity index (χ2v) is 2.40. The molecule has 1 atom stereocenters. The molecule has 0 aromatic rings. The fourth-order valence-electron chi connectivity index (χ4n) is 0.923. The molecule has 1 aliphatic heterocycles. The van der Waals surface area contributed by atoms with Crippen molar-refractivity contribution in [2.75, 3.05) is 6.61 Å². The van der Waals surface area contributed by atoms with Gasteiger partial charge in [0, 0.05) is 12.4 Å². The second-order valence-electron chi connectivity index (χ2n) is 2.40. The number of carbonyl (C=O) groups excluding carboxylic acids is 1. The molecule has 1 aliphatic rings. The summed E-state index contributed by atoms with van der Waals surface area (Å²) >= 11 is 0. The van der Waals surface area contributed by atoms with Gasteiger partial charge in [-0.3, -0.25) is 9.79 Å². The summed E-state index contributed by atoms with van der Waals surface area (Å²) in [6.07, 6.45) is 3.29. The third kappa shape index (κ3) is 1.67. The molecule has 0 N–H and O–H groups in total. The molecule has 0 unspecified atom stereocenters. The lowest BCUT2D eigenvalue weighted by Crippen LogP contribution is -2.18. The van der Waals surface area contributed by atoms with Gasteiger partial charge in [-0.2, -0.15) is 0 Å². The highest BCUT2D eigenvalue weighted by Crippen LogP contribution is 2.15. The van der Waals surface area contributed by atoms with E-state index in [0.29, 0.717) is 6.61 Å². The number of nitrogens with zero attached hydrogens (tertiary/aromatic N) is 1. The van der Waals surface area contributed by atoms with Gasteiger partial charge in [0.1, 0.15) is 5.92 Å². The molecule has 0 spiro atoms. The lowest BCUT2D eigenvalue weighted by atomic mass is 10.1. The average Bonchev–Trinajstić information content (AvgIpc) is 2.36. The molecule has 0 fully saturated rings. The highest BCUT2D eigenvalue weighted by molar-refractivity contribution is 5.94. The Morgan fingerprint density at radius 2 is 2.55 bits per heavy atom. The Bertz CT molecular complexity index is 218. The minimum absolute atomic E-state index is 0.206. The molecule has 3 heteroatoms. The fourth-order valence-corrected chi connectivity index (χ4v) is 0.923. The summed E-state index contributed by atoms with van der Waals surface area (Å²) in [4.78, 5) is 15.0. The predicted molar refractivity (Wildman–Crippen MR) is 42.4 cm³/mol. The minimum Gasteiger partial charge on any atom is -0.465 e. The van der Waals surface area contributed by atoms with Crippen molar-refractivity contribution in [1.29, 1.82) is 0 Å². The molecule has 0 radical (unpaired) electrons. The van der Waals surface area contributed by atoms with Gasteiger partial charge in [-0.15, -0.1) is 0 Å². The van der Waals surface area contributed by atoms with Gasteiger partial charge in [-0.1, -0.05) is 0 Å². The lowest BCUT2D eigenvalue weighted by Gasteiger charge is -2.06. The van der Waals surface area contributed by atoms with Gasteiger partial charge in [-0.25, -0.2) is 0 Å². The van der Waals surface area contributed by atoms with E-state index in [-0.39, 0.29) is 11.9 Å². The van der Waals surface area contributed by atoms with E-state index >= 15 is 0 Å². The van der Waals surface area contributed by atoms with Crippen LogP contribution >= 0.6 is 0 Å². The van der Waals surface area contributed by atoms with Crippen LogP contribution < -0.4 is 0 Å². The van der Waals surface area contributed by atoms with Crippen LogP contribution in [-0.2, 0) is 9.53 Å². The van der Waals surface area contributed by atoms with Crippen LogP contribution in [0.4, 0.5) is 0 Å². The van der Waals surface area contributed by atoms with Crippen molar-refractivity contribution >= 4 is 12.2 Å². The molecule has 1 heterocycles. The van der Waals surface area contributed by atoms with E-state index < -0.39 is 0 Å². The van der Waals surface area contributed by atoms with Crippen LogP contribution in [0.25, 0.3) is 0 Å². The molecule has 0 bridgehead atoms. The molecular weight excluding hydrogens is 142 g/mol. The molecule has 0 aliphatic carbocycles. The molecule has 11 heavy (non-hydrogen) atoms. The third-order valence-corrected chi connectivity index (χ3v) is 1.54. The zero-order valence-electron chi connectivity index (χ0n) is 6.70. The molecule has 0 amide bonds. The number of hydrogen-bond donors (Lipinski definition) is 0. The van der Waals surface area contributed by atoms with Crippen LogP contribution in [0, 0.1) is 5.92 Å². The first-order chi connectivity index (χ1) is 5.25. The van der Waals surface area contributed by atoms with E-state index in [9.17, 15) is 4.79 Å². The van der Waals surface area contributed by atoms with E-state index in [2.05, 4.69) is 4.99 Å². The first-order valence-electron chi connectivity index (χ1n) is 3.62.